The van der Waals surface area contributed by atoms with Crippen LogP contribution in [0.15, 0.2) is 18.2 Å². The molecule has 0 saturated heterocycles. The summed E-state index contributed by atoms with van der Waals surface area (Å²) in [7, 11) is 0. The smallest absolute Gasteiger partial charge is 0.0693 e. The zero-order valence-corrected chi connectivity index (χ0v) is 11.6. The van der Waals surface area contributed by atoms with E-state index in [0.717, 1.165) is 19.4 Å². The van der Waals surface area contributed by atoms with Crippen molar-refractivity contribution in [2.24, 2.45) is 0 Å². The predicted octanol–water partition coefficient (Wildman–Crippen LogP) is 3.09. The molecule has 0 bridgehead atoms. The molecule has 2 heteroatoms. The van der Waals surface area contributed by atoms with Crippen LogP contribution in [-0.4, -0.2) is 17.3 Å². The van der Waals surface area contributed by atoms with Gasteiger partial charge in [-0.15, -0.1) is 0 Å². The first-order valence-corrected chi connectivity index (χ1v) is 7.14. The predicted molar refractivity (Wildman–Crippen MR) is 75.6 cm³/mol. The van der Waals surface area contributed by atoms with Crippen molar-refractivity contribution in [2.75, 3.05) is 0 Å². The summed E-state index contributed by atoms with van der Waals surface area (Å²) in [5, 5.41) is 13.6. The van der Waals surface area contributed by atoms with Gasteiger partial charge in [-0.25, -0.2) is 0 Å². The minimum absolute atomic E-state index is 0.168. The lowest BCUT2D eigenvalue weighted by atomic mass is 10.0. The van der Waals surface area contributed by atoms with Crippen LogP contribution in [0.2, 0.25) is 0 Å². The number of hydrogen-bond donors (Lipinski definition) is 2. The zero-order chi connectivity index (χ0) is 13.0. The highest BCUT2D eigenvalue weighted by Crippen LogP contribution is 2.18. The molecule has 0 aliphatic heterocycles. The topological polar surface area (TPSA) is 32.3 Å². The Morgan fingerprint density at radius 1 is 1.11 bits per heavy atom. The Morgan fingerprint density at radius 3 is 2.67 bits per heavy atom. The second-order valence-corrected chi connectivity index (χ2v) is 5.61. The van der Waals surface area contributed by atoms with Crippen LogP contribution in [-0.2, 0) is 6.54 Å². The van der Waals surface area contributed by atoms with Crippen LogP contribution in [0.4, 0.5) is 0 Å². The third-order valence-corrected chi connectivity index (χ3v) is 4.12. The average molecular weight is 247 g/mol. The second kappa shape index (κ2) is 6.35. The molecule has 0 amide bonds. The molecule has 2 rings (SSSR count). The van der Waals surface area contributed by atoms with Gasteiger partial charge in [-0.3, -0.25) is 0 Å². The number of nitrogens with one attached hydrogen (secondary N) is 1. The molecule has 18 heavy (non-hydrogen) atoms. The molecule has 1 aliphatic rings. The zero-order valence-electron chi connectivity index (χ0n) is 11.6. The molecule has 2 nitrogen and oxygen atoms in total. The monoisotopic (exact) mass is 247 g/mol. The standard InChI is InChI=1S/C16H25NO/c1-12-8-9-14(10-13(12)2)11-17-15-6-4-3-5-7-16(15)18/h8-10,15-18H,3-7,11H2,1-2H3. The fourth-order valence-electron chi connectivity index (χ4n) is 2.69. The first kappa shape index (κ1) is 13.6. The van der Waals surface area contributed by atoms with Gasteiger partial charge in [0.1, 0.15) is 0 Å². The van der Waals surface area contributed by atoms with Crippen LogP contribution >= 0.6 is 0 Å². The van der Waals surface area contributed by atoms with Crippen molar-refractivity contribution < 1.29 is 5.11 Å². The highest BCUT2D eigenvalue weighted by Gasteiger charge is 2.20. The van der Waals surface area contributed by atoms with Crippen LogP contribution < -0.4 is 5.32 Å². The maximum Gasteiger partial charge on any atom is 0.0693 e. The Balaban J connectivity index is 1.91. The molecule has 0 aromatic heterocycles. The summed E-state index contributed by atoms with van der Waals surface area (Å²) in [4.78, 5) is 0. The van der Waals surface area contributed by atoms with Gasteiger partial charge >= 0.3 is 0 Å². The van der Waals surface area contributed by atoms with E-state index < -0.39 is 0 Å². The van der Waals surface area contributed by atoms with Crippen molar-refractivity contribution in [3.05, 3.63) is 34.9 Å². The number of aliphatic hydroxyl groups excluding tert-OH is 1. The Hall–Kier alpha value is -0.860. The van der Waals surface area contributed by atoms with Gasteiger partial charge < -0.3 is 10.4 Å². The van der Waals surface area contributed by atoms with Crippen molar-refractivity contribution >= 4 is 0 Å². The Labute approximate surface area is 110 Å². The molecule has 2 atom stereocenters. The molecular weight excluding hydrogens is 222 g/mol. The fourth-order valence-corrected chi connectivity index (χ4v) is 2.69. The van der Waals surface area contributed by atoms with Gasteiger partial charge in [0.15, 0.2) is 0 Å². The van der Waals surface area contributed by atoms with Crippen LogP contribution in [0.3, 0.4) is 0 Å². The molecule has 2 N–H and O–H groups in total. The largest absolute Gasteiger partial charge is 0.392 e. The summed E-state index contributed by atoms with van der Waals surface area (Å²) >= 11 is 0. The number of aliphatic hydroxyl groups is 1. The highest BCUT2D eigenvalue weighted by atomic mass is 16.3. The Morgan fingerprint density at radius 2 is 1.89 bits per heavy atom. The maximum absolute atomic E-state index is 10.1. The lowest BCUT2D eigenvalue weighted by Gasteiger charge is -2.22. The molecule has 1 fully saturated rings. The molecular formula is C16H25NO. The number of benzene rings is 1. The number of rotatable bonds is 3. The molecule has 100 valence electrons. The summed E-state index contributed by atoms with van der Waals surface area (Å²) in [5.74, 6) is 0. The Bertz CT molecular complexity index is 389. The van der Waals surface area contributed by atoms with E-state index in [9.17, 15) is 5.11 Å². The van der Waals surface area contributed by atoms with Crippen LogP contribution in [0.25, 0.3) is 0 Å². The van der Waals surface area contributed by atoms with Gasteiger partial charge in [-0.05, 0) is 43.4 Å². The average Bonchev–Trinajstić information content (AvgIpc) is 2.56. The molecule has 1 aromatic rings. The molecule has 0 radical (unpaired) electrons. The first-order valence-electron chi connectivity index (χ1n) is 7.14. The quantitative estimate of drug-likeness (QED) is 0.805. The lowest BCUT2D eigenvalue weighted by Crippen LogP contribution is -2.38. The van der Waals surface area contributed by atoms with Crippen molar-refractivity contribution in [2.45, 2.75) is 64.6 Å². The molecule has 2 unspecified atom stereocenters. The summed E-state index contributed by atoms with van der Waals surface area (Å²) in [6.07, 6.45) is 5.55. The fraction of sp³-hybridized carbons (Fsp3) is 0.625. The van der Waals surface area contributed by atoms with Gasteiger partial charge in [0.2, 0.25) is 0 Å². The van der Waals surface area contributed by atoms with Crippen molar-refractivity contribution in [3.63, 3.8) is 0 Å². The first-order chi connectivity index (χ1) is 8.66. The normalized spacial score (nSPS) is 24.8. The van der Waals surface area contributed by atoms with E-state index in [0.29, 0.717) is 0 Å². The Kier molecular flexibility index (Phi) is 4.79. The molecule has 1 saturated carbocycles. The third-order valence-electron chi connectivity index (χ3n) is 4.12. The van der Waals surface area contributed by atoms with Crippen LogP contribution in [0, 0.1) is 13.8 Å². The summed E-state index contributed by atoms with van der Waals surface area (Å²) < 4.78 is 0. The van der Waals surface area contributed by atoms with E-state index in [-0.39, 0.29) is 12.1 Å². The summed E-state index contributed by atoms with van der Waals surface area (Å²) in [5.41, 5.74) is 4.00. The third kappa shape index (κ3) is 3.56. The SMILES string of the molecule is Cc1ccc(CNC2CCCCCC2O)cc1C. The van der Waals surface area contributed by atoms with Gasteiger partial charge in [-0.1, -0.05) is 37.5 Å². The van der Waals surface area contributed by atoms with Crippen molar-refractivity contribution in [3.8, 4) is 0 Å². The minimum Gasteiger partial charge on any atom is -0.392 e. The summed E-state index contributed by atoms with van der Waals surface area (Å²) in [6, 6.07) is 6.87. The van der Waals surface area contributed by atoms with Gasteiger partial charge in [0.05, 0.1) is 6.10 Å². The van der Waals surface area contributed by atoms with E-state index in [4.69, 9.17) is 0 Å². The van der Waals surface area contributed by atoms with Crippen LogP contribution in [0.1, 0.15) is 48.8 Å². The molecule has 0 spiro atoms. The molecule has 1 aliphatic carbocycles. The van der Waals surface area contributed by atoms with E-state index in [2.05, 4.69) is 37.4 Å². The number of aryl methyl sites for hydroxylation is 2. The van der Waals surface area contributed by atoms with Crippen molar-refractivity contribution in [1.29, 1.82) is 0 Å². The second-order valence-electron chi connectivity index (χ2n) is 5.61. The molecule has 1 aromatic carbocycles. The van der Waals surface area contributed by atoms with E-state index in [1.807, 2.05) is 0 Å². The highest BCUT2D eigenvalue weighted by molar-refractivity contribution is 5.29. The minimum atomic E-state index is -0.168. The van der Waals surface area contributed by atoms with Crippen LogP contribution in [0.5, 0.6) is 0 Å². The van der Waals surface area contributed by atoms with E-state index >= 15 is 0 Å². The summed E-state index contributed by atoms with van der Waals surface area (Å²) in [6.45, 7) is 5.16. The van der Waals surface area contributed by atoms with Gasteiger partial charge in [0.25, 0.3) is 0 Å². The molecule has 0 heterocycles. The van der Waals surface area contributed by atoms with Crippen molar-refractivity contribution in [1.82, 2.24) is 5.32 Å². The maximum atomic E-state index is 10.1. The number of hydrogen-bond acceptors (Lipinski definition) is 2. The van der Waals surface area contributed by atoms with Gasteiger partial charge in [-0.2, -0.15) is 0 Å². The van der Waals surface area contributed by atoms with Gasteiger partial charge in [0, 0.05) is 12.6 Å². The van der Waals surface area contributed by atoms with E-state index in [1.54, 1.807) is 0 Å². The van der Waals surface area contributed by atoms with E-state index in [1.165, 1.54) is 36.0 Å². The lowest BCUT2D eigenvalue weighted by molar-refractivity contribution is 0.119.